The fraction of sp³-hybridized carbons (Fsp3) is 0.286. The maximum absolute atomic E-state index is 13.5. The van der Waals surface area contributed by atoms with Crippen molar-refractivity contribution in [3.8, 4) is 11.1 Å². The number of thiophene rings is 2. The summed E-state index contributed by atoms with van der Waals surface area (Å²) in [6, 6.07) is 9.80. The van der Waals surface area contributed by atoms with Crippen LogP contribution in [0.5, 0.6) is 0 Å². The summed E-state index contributed by atoms with van der Waals surface area (Å²) in [5.41, 5.74) is 3.24. The van der Waals surface area contributed by atoms with Gasteiger partial charge < -0.3 is 10.1 Å². The van der Waals surface area contributed by atoms with Crippen LogP contribution in [-0.2, 0) is 28.9 Å². The first-order valence-corrected chi connectivity index (χ1v) is 15.1. The zero-order chi connectivity index (χ0) is 26.6. The van der Waals surface area contributed by atoms with E-state index in [1.54, 1.807) is 17.6 Å². The highest BCUT2D eigenvalue weighted by Crippen LogP contribution is 2.39. The van der Waals surface area contributed by atoms with E-state index in [0.29, 0.717) is 38.2 Å². The lowest BCUT2D eigenvalue weighted by Crippen LogP contribution is -2.23. The van der Waals surface area contributed by atoms with Crippen LogP contribution in [0.1, 0.15) is 40.6 Å². The molecule has 0 unspecified atom stereocenters. The number of aryl methyl sites for hydroxylation is 1. The van der Waals surface area contributed by atoms with Crippen LogP contribution in [0.15, 0.2) is 58.3 Å². The Labute approximate surface area is 232 Å². The molecule has 10 heteroatoms. The number of anilines is 1. The van der Waals surface area contributed by atoms with Gasteiger partial charge in [-0.15, -0.1) is 29.3 Å². The topological polar surface area (TPSA) is 90.3 Å². The van der Waals surface area contributed by atoms with Crippen molar-refractivity contribution in [2.45, 2.75) is 44.3 Å². The average molecular weight is 566 g/mol. The molecule has 1 aliphatic rings. The van der Waals surface area contributed by atoms with E-state index >= 15 is 0 Å². The third kappa shape index (κ3) is 5.21. The van der Waals surface area contributed by atoms with Crippen molar-refractivity contribution >= 4 is 61.5 Å². The molecule has 196 valence electrons. The van der Waals surface area contributed by atoms with Crippen molar-refractivity contribution in [2.24, 2.45) is 0 Å². The van der Waals surface area contributed by atoms with Crippen molar-refractivity contribution in [2.75, 3.05) is 17.7 Å². The summed E-state index contributed by atoms with van der Waals surface area (Å²) in [7, 11) is 0. The molecule has 0 spiro atoms. The number of fused-ring (bicyclic) bond motifs is 2. The molecule has 3 heterocycles. The van der Waals surface area contributed by atoms with Crippen LogP contribution in [0.25, 0.3) is 21.3 Å². The smallest absolute Gasteiger partial charge is 0.341 e. The van der Waals surface area contributed by atoms with Crippen molar-refractivity contribution in [3.05, 3.63) is 74.7 Å². The molecule has 7 nitrogen and oxygen atoms in total. The number of esters is 1. The molecule has 1 N–H and O–H groups in total. The number of ether oxygens (including phenoxy) is 1. The van der Waals surface area contributed by atoms with Gasteiger partial charge in [-0.1, -0.05) is 48.2 Å². The number of benzene rings is 1. The van der Waals surface area contributed by atoms with E-state index in [-0.39, 0.29) is 30.5 Å². The van der Waals surface area contributed by atoms with Crippen LogP contribution in [0, 0.1) is 0 Å². The fourth-order valence-corrected chi connectivity index (χ4v) is 7.80. The number of thioether (sulfide) groups is 1. The molecule has 1 amide bonds. The van der Waals surface area contributed by atoms with Gasteiger partial charge in [-0.3, -0.25) is 14.2 Å². The predicted octanol–water partition coefficient (Wildman–Crippen LogP) is 6.16. The quantitative estimate of drug-likeness (QED) is 0.107. The first-order valence-electron chi connectivity index (χ1n) is 12.4. The zero-order valence-corrected chi connectivity index (χ0v) is 23.4. The van der Waals surface area contributed by atoms with Gasteiger partial charge in [0.1, 0.15) is 9.83 Å². The minimum absolute atomic E-state index is 0.117. The number of hydrogen-bond acceptors (Lipinski definition) is 8. The van der Waals surface area contributed by atoms with Gasteiger partial charge in [0.25, 0.3) is 5.56 Å². The third-order valence-electron chi connectivity index (χ3n) is 6.27. The molecular weight excluding hydrogens is 539 g/mol. The summed E-state index contributed by atoms with van der Waals surface area (Å²) < 4.78 is 6.86. The number of hydrogen-bond donors (Lipinski definition) is 1. The van der Waals surface area contributed by atoms with Gasteiger partial charge in [0.2, 0.25) is 5.91 Å². The molecule has 0 saturated carbocycles. The van der Waals surface area contributed by atoms with E-state index in [1.807, 2.05) is 35.7 Å². The first-order chi connectivity index (χ1) is 18.5. The predicted molar refractivity (Wildman–Crippen MR) is 156 cm³/mol. The minimum Gasteiger partial charge on any atom is -0.462 e. The second-order valence-corrected chi connectivity index (χ2v) is 11.7. The summed E-state index contributed by atoms with van der Waals surface area (Å²) in [5, 5.41) is 6.62. The molecule has 0 fully saturated rings. The lowest BCUT2D eigenvalue weighted by Gasteiger charge is -2.11. The summed E-state index contributed by atoms with van der Waals surface area (Å²) in [4.78, 5) is 45.5. The standard InChI is InChI=1S/C28H27N3O4S3/c1-3-14-31-26(33)22-19(17-9-6-5-7-10-17)16-37-24(22)30-28(31)36-15-13-21(32)29-25-23(27(34)35-4-2)18-11-8-12-20(18)38-25/h3,5-7,9-10,16H,1,4,8,11-15H2,2H3,(H,29,32). The molecule has 0 bridgehead atoms. The van der Waals surface area contributed by atoms with Crippen molar-refractivity contribution < 1.29 is 14.3 Å². The summed E-state index contributed by atoms with van der Waals surface area (Å²) in [5.74, 6) is -0.144. The molecule has 0 aliphatic heterocycles. The number of rotatable bonds is 10. The minimum atomic E-state index is -0.381. The van der Waals surface area contributed by atoms with Crippen LogP contribution < -0.4 is 10.9 Å². The Balaban J connectivity index is 1.32. The number of carbonyl (C=O) groups excluding carboxylic acids is 2. The molecule has 1 aromatic carbocycles. The lowest BCUT2D eigenvalue weighted by atomic mass is 10.1. The van der Waals surface area contributed by atoms with Gasteiger partial charge >= 0.3 is 5.97 Å². The van der Waals surface area contributed by atoms with E-state index < -0.39 is 0 Å². The Morgan fingerprint density at radius 2 is 2.08 bits per heavy atom. The van der Waals surface area contributed by atoms with Crippen molar-refractivity contribution in [3.63, 3.8) is 0 Å². The second kappa shape index (κ2) is 11.7. The maximum Gasteiger partial charge on any atom is 0.341 e. The van der Waals surface area contributed by atoms with Gasteiger partial charge in [0.15, 0.2) is 5.16 Å². The molecular formula is C28H27N3O4S3. The number of allylic oxidation sites excluding steroid dienone is 1. The van der Waals surface area contributed by atoms with E-state index in [1.165, 1.54) is 34.4 Å². The van der Waals surface area contributed by atoms with Gasteiger partial charge in [-0.2, -0.15) is 0 Å². The van der Waals surface area contributed by atoms with Gasteiger partial charge in [0.05, 0.1) is 17.6 Å². The van der Waals surface area contributed by atoms with Gasteiger partial charge in [-0.05, 0) is 37.3 Å². The van der Waals surface area contributed by atoms with E-state index in [2.05, 4.69) is 11.9 Å². The average Bonchev–Trinajstić information content (AvgIpc) is 3.61. The van der Waals surface area contributed by atoms with Crippen LogP contribution in [0.2, 0.25) is 0 Å². The van der Waals surface area contributed by atoms with Crippen LogP contribution in [0.3, 0.4) is 0 Å². The molecule has 0 saturated heterocycles. The normalized spacial score (nSPS) is 12.4. The van der Waals surface area contributed by atoms with E-state index in [4.69, 9.17) is 9.72 Å². The molecule has 38 heavy (non-hydrogen) atoms. The Kier molecular flexibility index (Phi) is 8.11. The van der Waals surface area contributed by atoms with Crippen LogP contribution in [-0.4, -0.2) is 33.8 Å². The highest BCUT2D eigenvalue weighted by atomic mass is 32.2. The highest BCUT2D eigenvalue weighted by Gasteiger charge is 2.28. The summed E-state index contributed by atoms with van der Waals surface area (Å²) in [6.07, 6.45) is 4.64. The molecule has 0 atom stereocenters. The molecule has 5 rings (SSSR count). The van der Waals surface area contributed by atoms with E-state index in [9.17, 15) is 14.4 Å². The number of amides is 1. The van der Waals surface area contributed by atoms with Crippen molar-refractivity contribution in [1.29, 1.82) is 0 Å². The number of nitrogens with zero attached hydrogens (tertiary/aromatic N) is 2. The Bertz CT molecular complexity index is 1570. The largest absolute Gasteiger partial charge is 0.462 e. The van der Waals surface area contributed by atoms with E-state index in [0.717, 1.165) is 40.8 Å². The Morgan fingerprint density at radius 3 is 2.84 bits per heavy atom. The number of aromatic nitrogens is 2. The highest BCUT2D eigenvalue weighted by molar-refractivity contribution is 7.99. The monoisotopic (exact) mass is 565 g/mol. The third-order valence-corrected chi connectivity index (χ3v) is 9.33. The summed E-state index contributed by atoms with van der Waals surface area (Å²) >= 11 is 4.27. The van der Waals surface area contributed by atoms with Crippen LogP contribution >= 0.6 is 34.4 Å². The SMILES string of the molecule is C=CCn1c(SCCC(=O)Nc2sc3c(c2C(=O)OCC)CCC3)nc2scc(-c3ccccc3)c2c1=O. The summed E-state index contributed by atoms with van der Waals surface area (Å²) in [6.45, 7) is 6.19. The fourth-order valence-electron chi connectivity index (χ4n) is 4.57. The Hall–Kier alpha value is -3.21. The zero-order valence-electron chi connectivity index (χ0n) is 21.0. The number of nitrogens with one attached hydrogen (secondary N) is 1. The van der Waals surface area contributed by atoms with Crippen molar-refractivity contribution in [1.82, 2.24) is 9.55 Å². The van der Waals surface area contributed by atoms with Crippen LogP contribution in [0.4, 0.5) is 5.00 Å². The Morgan fingerprint density at radius 1 is 1.26 bits per heavy atom. The lowest BCUT2D eigenvalue weighted by molar-refractivity contribution is -0.115. The molecule has 3 aromatic heterocycles. The maximum atomic E-state index is 13.5. The molecule has 0 radical (unpaired) electrons. The van der Waals surface area contributed by atoms with Gasteiger partial charge in [-0.25, -0.2) is 9.78 Å². The first kappa shape index (κ1) is 26.4. The molecule has 1 aliphatic carbocycles. The number of carbonyl (C=O) groups is 2. The molecule has 4 aromatic rings. The second-order valence-electron chi connectivity index (χ2n) is 8.72. The van der Waals surface area contributed by atoms with Gasteiger partial charge in [0, 0.05) is 34.5 Å².